The van der Waals surface area contributed by atoms with Gasteiger partial charge in [0.05, 0.1) is 17.0 Å². The summed E-state index contributed by atoms with van der Waals surface area (Å²) < 4.78 is 4.85. The van der Waals surface area contributed by atoms with Gasteiger partial charge >= 0.3 is 5.76 Å². The van der Waals surface area contributed by atoms with Gasteiger partial charge in [0.1, 0.15) is 0 Å². The number of hydrogen-bond acceptors (Lipinski definition) is 8. The highest BCUT2D eigenvalue weighted by molar-refractivity contribution is 5.50. The molecular formula is C13H11N7O2. The molecule has 9 nitrogen and oxygen atoms in total. The molecule has 0 fully saturated rings. The SMILES string of the molecule is O=c1[nH]nc(-c2cnc(NC3Cc4nccnc4C3)nc2)o1. The molecule has 4 rings (SSSR count). The summed E-state index contributed by atoms with van der Waals surface area (Å²) in [5.41, 5.74) is 2.55. The van der Waals surface area contributed by atoms with Crippen molar-refractivity contribution in [2.75, 3.05) is 5.32 Å². The molecule has 3 aromatic heterocycles. The van der Waals surface area contributed by atoms with Gasteiger partial charge < -0.3 is 9.73 Å². The molecule has 22 heavy (non-hydrogen) atoms. The molecule has 2 N–H and O–H groups in total. The molecule has 9 heteroatoms. The van der Waals surface area contributed by atoms with Crippen LogP contribution in [0.4, 0.5) is 5.95 Å². The Morgan fingerprint density at radius 2 is 1.77 bits per heavy atom. The summed E-state index contributed by atoms with van der Waals surface area (Å²) in [6.45, 7) is 0. The van der Waals surface area contributed by atoms with Crippen LogP contribution in [0, 0.1) is 0 Å². The van der Waals surface area contributed by atoms with Crippen molar-refractivity contribution >= 4 is 5.95 Å². The number of nitrogens with zero attached hydrogens (tertiary/aromatic N) is 5. The average Bonchev–Trinajstić information content (AvgIpc) is 3.13. The molecule has 0 aliphatic heterocycles. The molecule has 0 atom stereocenters. The molecule has 1 aliphatic rings. The number of rotatable bonds is 3. The Morgan fingerprint density at radius 1 is 1.09 bits per heavy atom. The Morgan fingerprint density at radius 3 is 2.36 bits per heavy atom. The lowest BCUT2D eigenvalue weighted by Crippen LogP contribution is -2.21. The van der Waals surface area contributed by atoms with E-state index in [0.717, 1.165) is 24.2 Å². The van der Waals surface area contributed by atoms with Gasteiger partial charge in [-0.2, -0.15) is 0 Å². The van der Waals surface area contributed by atoms with E-state index < -0.39 is 5.76 Å². The van der Waals surface area contributed by atoms with E-state index in [1.54, 1.807) is 24.8 Å². The standard InChI is InChI=1S/C13H11N7O2/c21-13-20-19-11(22-13)7-5-16-12(17-6-7)18-8-3-9-10(4-8)15-2-1-14-9/h1-2,5-6,8H,3-4H2,(H,20,21)(H,16,17,18). The molecule has 0 amide bonds. The predicted octanol–water partition coefficient (Wildman–Crippen LogP) is 0.189. The Hall–Kier alpha value is -3.10. The highest BCUT2D eigenvalue weighted by Gasteiger charge is 2.23. The van der Waals surface area contributed by atoms with E-state index in [-0.39, 0.29) is 11.9 Å². The van der Waals surface area contributed by atoms with Gasteiger partial charge in [-0.3, -0.25) is 9.97 Å². The summed E-state index contributed by atoms with van der Waals surface area (Å²) >= 11 is 0. The largest absolute Gasteiger partial charge is 0.434 e. The monoisotopic (exact) mass is 297 g/mol. The van der Waals surface area contributed by atoms with Crippen LogP contribution in [-0.4, -0.2) is 36.2 Å². The lowest BCUT2D eigenvalue weighted by Gasteiger charge is -2.10. The van der Waals surface area contributed by atoms with Crippen molar-refractivity contribution in [1.82, 2.24) is 30.1 Å². The smallest absolute Gasteiger partial charge is 0.388 e. The zero-order valence-corrected chi connectivity index (χ0v) is 11.4. The highest BCUT2D eigenvalue weighted by Crippen LogP contribution is 2.20. The first-order valence-corrected chi connectivity index (χ1v) is 6.71. The Balaban J connectivity index is 1.47. The van der Waals surface area contributed by atoms with Gasteiger partial charge in [-0.05, 0) is 0 Å². The number of anilines is 1. The van der Waals surface area contributed by atoms with Crippen molar-refractivity contribution in [1.29, 1.82) is 0 Å². The van der Waals surface area contributed by atoms with Crippen molar-refractivity contribution in [2.24, 2.45) is 0 Å². The van der Waals surface area contributed by atoms with E-state index in [1.165, 1.54) is 0 Å². The molecule has 3 aromatic rings. The molecule has 0 saturated carbocycles. The number of H-pyrrole nitrogens is 1. The fraction of sp³-hybridized carbons (Fsp3) is 0.231. The topological polar surface area (TPSA) is 122 Å². The lowest BCUT2D eigenvalue weighted by atomic mass is 10.2. The first kappa shape index (κ1) is 12.6. The quantitative estimate of drug-likeness (QED) is 0.702. The minimum atomic E-state index is -0.610. The molecule has 0 unspecified atom stereocenters. The van der Waals surface area contributed by atoms with Crippen LogP contribution in [0.3, 0.4) is 0 Å². The molecular weight excluding hydrogens is 286 g/mol. The minimum Gasteiger partial charge on any atom is -0.388 e. The number of fused-ring (bicyclic) bond motifs is 1. The van der Waals surface area contributed by atoms with Gasteiger partial charge in [-0.25, -0.2) is 19.9 Å². The van der Waals surface area contributed by atoms with Crippen LogP contribution in [0.2, 0.25) is 0 Å². The molecule has 0 aromatic carbocycles. The van der Waals surface area contributed by atoms with Crippen molar-refractivity contribution in [3.05, 3.63) is 46.7 Å². The van der Waals surface area contributed by atoms with Crippen molar-refractivity contribution in [2.45, 2.75) is 18.9 Å². The molecule has 0 saturated heterocycles. The molecule has 3 heterocycles. The zero-order chi connectivity index (χ0) is 14.9. The number of hydrogen-bond donors (Lipinski definition) is 2. The maximum Gasteiger partial charge on any atom is 0.434 e. The van der Waals surface area contributed by atoms with Crippen molar-refractivity contribution in [3.63, 3.8) is 0 Å². The molecule has 0 spiro atoms. The van der Waals surface area contributed by atoms with E-state index in [0.29, 0.717) is 11.5 Å². The van der Waals surface area contributed by atoms with Gasteiger partial charge in [0.25, 0.3) is 5.89 Å². The van der Waals surface area contributed by atoms with Gasteiger partial charge in [0, 0.05) is 43.7 Å². The van der Waals surface area contributed by atoms with Gasteiger partial charge in [-0.15, -0.1) is 5.10 Å². The van der Waals surface area contributed by atoms with E-state index >= 15 is 0 Å². The van der Waals surface area contributed by atoms with E-state index in [2.05, 4.69) is 35.5 Å². The van der Waals surface area contributed by atoms with E-state index in [4.69, 9.17) is 4.42 Å². The normalized spacial score (nSPS) is 14.0. The van der Waals surface area contributed by atoms with Gasteiger partial charge in [0.15, 0.2) is 0 Å². The third kappa shape index (κ3) is 2.32. The fourth-order valence-electron chi connectivity index (χ4n) is 2.43. The molecule has 1 aliphatic carbocycles. The highest BCUT2D eigenvalue weighted by atomic mass is 16.4. The summed E-state index contributed by atoms with van der Waals surface area (Å²) in [4.78, 5) is 28.0. The van der Waals surface area contributed by atoms with Crippen LogP contribution in [-0.2, 0) is 12.8 Å². The third-order valence-electron chi connectivity index (χ3n) is 3.41. The number of nitrogens with one attached hydrogen (secondary N) is 2. The first-order valence-electron chi connectivity index (χ1n) is 6.71. The maximum atomic E-state index is 10.9. The van der Waals surface area contributed by atoms with Crippen LogP contribution in [0.1, 0.15) is 11.4 Å². The van der Waals surface area contributed by atoms with Crippen LogP contribution in [0.25, 0.3) is 11.5 Å². The number of aromatic amines is 1. The second kappa shape index (κ2) is 5.02. The average molecular weight is 297 g/mol. The van der Waals surface area contributed by atoms with Crippen LogP contribution < -0.4 is 11.1 Å². The Kier molecular flexibility index (Phi) is 2.88. The van der Waals surface area contributed by atoms with Gasteiger partial charge in [0.2, 0.25) is 5.95 Å². The Labute approximate surface area is 123 Å². The fourth-order valence-corrected chi connectivity index (χ4v) is 2.43. The van der Waals surface area contributed by atoms with Crippen LogP contribution in [0.15, 0.2) is 34.0 Å². The minimum absolute atomic E-state index is 0.165. The van der Waals surface area contributed by atoms with Crippen molar-refractivity contribution < 1.29 is 4.42 Å². The van der Waals surface area contributed by atoms with Crippen molar-refractivity contribution in [3.8, 4) is 11.5 Å². The van der Waals surface area contributed by atoms with E-state index in [1.807, 2.05) is 0 Å². The van der Waals surface area contributed by atoms with Crippen LogP contribution >= 0.6 is 0 Å². The summed E-state index contributed by atoms with van der Waals surface area (Å²) in [7, 11) is 0. The second-order valence-corrected chi connectivity index (χ2v) is 4.91. The third-order valence-corrected chi connectivity index (χ3v) is 3.41. The van der Waals surface area contributed by atoms with Crippen LogP contribution in [0.5, 0.6) is 0 Å². The molecule has 0 radical (unpaired) electrons. The van der Waals surface area contributed by atoms with Gasteiger partial charge in [-0.1, -0.05) is 0 Å². The first-order chi connectivity index (χ1) is 10.8. The lowest BCUT2D eigenvalue weighted by molar-refractivity contribution is 0.526. The Bertz CT molecular complexity index is 830. The summed E-state index contributed by atoms with van der Waals surface area (Å²) in [5.74, 6) is 0.0542. The predicted molar refractivity (Wildman–Crippen MR) is 75.0 cm³/mol. The zero-order valence-electron chi connectivity index (χ0n) is 11.4. The maximum absolute atomic E-state index is 10.9. The van der Waals surface area contributed by atoms with E-state index in [9.17, 15) is 4.79 Å². The summed E-state index contributed by atoms with van der Waals surface area (Å²) in [5, 5.41) is 9.17. The second-order valence-electron chi connectivity index (χ2n) is 4.91. The summed E-state index contributed by atoms with van der Waals surface area (Å²) in [6.07, 6.45) is 8.08. The number of aromatic nitrogens is 6. The molecule has 0 bridgehead atoms. The summed E-state index contributed by atoms with van der Waals surface area (Å²) in [6, 6.07) is 0.173. The molecule has 110 valence electrons.